The molecule has 9 rings (SSSR count). The van der Waals surface area contributed by atoms with Gasteiger partial charge in [0.15, 0.2) is 0 Å². The highest BCUT2D eigenvalue weighted by molar-refractivity contribution is 9.10. The lowest BCUT2D eigenvalue weighted by Crippen LogP contribution is -2.41. The normalized spacial score (nSPS) is 19.4. The molecule has 3 heterocycles. The first-order chi connectivity index (χ1) is 31.0. The van der Waals surface area contributed by atoms with Crippen LogP contribution in [0.2, 0.25) is 0 Å². The van der Waals surface area contributed by atoms with Crippen molar-refractivity contribution < 1.29 is 27.9 Å². The van der Waals surface area contributed by atoms with Crippen LogP contribution in [0.4, 0.5) is 0 Å². The van der Waals surface area contributed by atoms with Crippen LogP contribution < -0.4 is 5.46 Å². The van der Waals surface area contributed by atoms with E-state index in [-0.39, 0.29) is 40.7 Å². The summed E-state index contributed by atoms with van der Waals surface area (Å²) in [5.74, 6) is 0. The minimum Gasteiger partial charge on any atom is -0.405 e. The minimum absolute atomic E-state index is 0.302. The van der Waals surface area contributed by atoms with Gasteiger partial charge in [-0.3, -0.25) is 0 Å². The zero-order valence-electron chi connectivity index (χ0n) is 41.0. The zero-order chi connectivity index (χ0) is 47.5. The maximum absolute atomic E-state index is 6.14. The largest absolute Gasteiger partial charge is 0.494 e. The lowest BCUT2D eigenvalue weighted by atomic mass is 9.49. The number of hydrogen-bond donors (Lipinski definition) is 0. The van der Waals surface area contributed by atoms with Gasteiger partial charge < -0.3 is 27.9 Å². The Morgan fingerprint density at radius 2 is 0.576 bits per heavy atom. The summed E-state index contributed by atoms with van der Waals surface area (Å²) in [4.78, 5) is 0. The van der Waals surface area contributed by atoms with Gasteiger partial charge in [0.25, 0.3) is 0 Å². The maximum Gasteiger partial charge on any atom is 0.494 e. The van der Waals surface area contributed by atoms with Gasteiger partial charge in [-0.05, 0) is 158 Å². The van der Waals surface area contributed by atoms with E-state index in [1.807, 2.05) is 67.5 Å². The highest BCUT2D eigenvalue weighted by Gasteiger charge is 2.63. The summed E-state index contributed by atoms with van der Waals surface area (Å²) in [5.41, 5.74) is 9.32. The summed E-state index contributed by atoms with van der Waals surface area (Å²) in [7, 11) is -1.25. The quantitative estimate of drug-likeness (QED) is 0.142. The molecule has 0 N–H and O–H groups in total. The van der Waals surface area contributed by atoms with Crippen LogP contribution in [0, 0.1) is 0 Å². The maximum atomic E-state index is 6.14. The Morgan fingerprint density at radius 1 is 0.318 bits per heavy atom. The second-order valence-corrected chi connectivity index (χ2v) is 21.6. The molecule has 0 aromatic heterocycles. The van der Waals surface area contributed by atoms with Gasteiger partial charge >= 0.3 is 21.1 Å². The molecule has 3 aliphatic heterocycles. The molecule has 0 unspecified atom stereocenters. The SMILES string of the molecule is Brc1ccc(Cc2ccc(-c3ccccc3)cc2)cc1.CC1(C)OB(B2OC(C)(C)C(C)(C)O2)OC1(C)C.CC1(C)OB(c2ccc(Cc3ccc(-c4ccccc4)cc3)cc2)OC1(C)C. The monoisotopic (exact) mass is 946 g/mol. The molecule has 3 aliphatic rings. The molecule has 6 nitrogen and oxygen atoms in total. The zero-order valence-corrected chi connectivity index (χ0v) is 42.6. The standard InChI is InChI=1S/C25H27BO2.C19H15Br.C12H24B2O4/c1-24(2)25(3,4)28-26(27-24)23-16-12-20(13-17-23)18-19-10-14-22(15-11-19)21-8-6-5-7-9-21;20-19-12-8-16(9-13-19)14-15-6-10-18(11-7-15)17-4-2-1-3-5-17;1-9(2)10(3,4)16-13(15-9)14-17-11(5,6)12(7,8)18-14/h5-17H,18H2,1-4H3;1-13H,14H2;1-8H3. The van der Waals surface area contributed by atoms with E-state index in [1.54, 1.807) is 0 Å². The Hall–Kier alpha value is -4.25. The summed E-state index contributed by atoms with van der Waals surface area (Å²) in [6.45, 7) is 24.5. The van der Waals surface area contributed by atoms with Crippen LogP contribution in [0.3, 0.4) is 0 Å². The van der Waals surface area contributed by atoms with Crippen molar-refractivity contribution in [2.45, 2.75) is 130 Å². The Labute approximate surface area is 404 Å². The summed E-state index contributed by atoms with van der Waals surface area (Å²) in [6, 6.07) is 55.7. The number of halogens is 1. The van der Waals surface area contributed by atoms with Crippen molar-refractivity contribution in [1.29, 1.82) is 0 Å². The molecule has 0 bridgehead atoms. The smallest absolute Gasteiger partial charge is 0.405 e. The summed E-state index contributed by atoms with van der Waals surface area (Å²) >= 11 is 3.47. The Bertz CT molecular complexity index is 2410. The van der Waals surface area contributed by atoms with Gasteiger partial charge in [0.2, 0.25) is 0 Å². The number of benzene rings is 6. The molecule has 3 saturated heterocycles. The molecule has 0 aliphatic carbocycles. The Balaban J connectivity index is 0.000000152. The van der Waals surface area contributed by atoms with Gasteiger partial charge in [0.05, 0.1) is 33.6 Å². The summed E-state index contributed by atoms with van der Waals surface area (Å²) in [5, 5.41) is 0. The van der Waals surface area contributed by atoms with Crippen molar-refractivity contribution in [3.8, 4) is 22.3 Å². The first-order valence-corrected chi connectivity index (χ1v) is 24.0. The van der Waals surface area contributed by atoms with Crippen molar-refractivity contribution in [3.05, 3.63) is 184 Å². The van der Waals surface area contributed by atoms with Crippen LogP contribution in [0.5, 0.6) is 0 Å². The number of rotatable bonds is 8. The fourth-order valence-electron chi connectivity index (χ4n) is 7.74. The molecule has 0 spiro atoms. The third-order valence-electron chi connectivity index (χ3n) is 14.1. The lowest BCUT2D eigenvalue weighted by Gasteiger charge is -2.32. The molecule has 6 aromatic rings. The molecule has 0 atom stereocenters. The van der Waals surface area contributed by atoms with Crippen LogP contribution in [-0.4, -0.2) is 54.7 Å². The third-order valence-corrected chi connectivity index (χ3v) is 14.7. The molecule has 10 heteroatoms. The fraction of sp³-hybridized carbons (Fsp3) is 0.357. The summed E-state index contributed by atoms with van der Waals surface area (Å²) in [6.07, 6.45) is 1.89. The highest BCUT2D eigenvalue weighted by atomic mass is 79.9. The lowest BCUT2D eigenvalue weighted by molar-refractivity contribution is 0.00578. The van der Waals surface area contributed by atoms with Crippen molar-refractivity contribution in [2.24, 2.45) is 0 Å². The van der Waals surface area contributed by atoms with Crippen LogP contribution in [0.15, 0.2) is 162 Å². The van der Waals surface area contributed by atoms with E-state index >= 15 is 0 Å². The first-order valence-electron chi connectivity index (χ1n) is 23.2. The molecule has 342 valence electrons. The first kappa shape index (κ1) is 49.7. The third kappa shape index (κ3) is 11.7. The second-order valence-electron chi connectivity index (χ2n) is 20.7. The van der Waals surface area contributed by atoms with E-state index in [0.29, 0.717) is 0 Å². The van der Waals surface area contributed by atoms with Crippen LogP contribution >= 0.6 is 15.9 Å². The van der Waals surface area contributed by atoms with Crippen molar-refractivity contribution in [1.82, 2.24) is 0 Å². The predicted octanol–water partition coefficient (Wildman–Crippen LogP) is 13.2. The average Bonchev–Trinajstić information content (AvgIpc) is 3.75. The van der Waals surface area contributed by atoms with E-state index < -0.39 is 14.0 Å². The predicted molar refractivity (Wildman–Crippen MR) is 278 cm³/mol. The van der Waals surface area contributed by atoms with Crippen molar-refractivity contribution in [2.75, 3.05) is 0 Å². The molecule has 3 fully saturated rings. The molecule has 0 saturated carbocycles. The van der Waals surface area contributed by atoms with Gasteiger partial charge in [-0.15, -0.1) is 0 Å². The molecule has 0 amide bonds. The van der Waals surface area contributed by atoms with Crippen LogP contribution in [0.1, 0.15) is 105 Å². The van der Waals surface area contributed by atoms with E-state index in [1.165, 1.54) is 44.5 Å². The van der Waals surface area contributed by atoms with Crippen molar-refractivity contribution in [3.63, 3.8) is 0 Å². The van der Waals surface area contributed by atoms with Crippen molar-refractivity contribution >= 4 is 42.5 Å². The average molecular weight is 947 g/mol. The number of hydrogen-bond acceptors (Lipinski definition) is 6. The Morgan fingerprint density at radius 3 is 0.894 bits per heavy atom. The van der Waals surface area contributed by atoms with E-state index in [9.17, 15) is 0 Å². The molecule has 66 heavy (non-hydrogen) atoms. The Kier molecular flexibility index (Phi) is 14.9. The van der Waals surface area contributed by atoms with Gasteiger partial charge in [0.1, 0.15) is 0 Å². The van der Waals surface area contributed by atoms with Gasteiger partial charge in [-0.25, -0.2) is 0 Å². The van der Waals surface area contributed by atoms with Crippen LogP contribution in [-0.2, 0) is 40.8 Å². The van der Waals surface area contributed by atoms with E-state index in [0.717, 1.165) is 22.8 Å². The highest BCUT2D eigenvalue weighted by Crippen LogP contribution is 2.43. The fourth-order valence-corrected chi connectivity index (χ4v) is 8.00. The minimum atomic E-state index is -0.476. The second kappa shape index (κ2) is 19.8. The molecular weight excluding hydrogens is 881 g/mol. The molecule has 0 radical (unpaired) electrons. The van der Waals surface area contributed by atoms with Crippen LogP contribution in [0.25, 0.3) is 22.3 Å². The summed E-state index contributed by atoms with van der Waals surface area (Å²) < 4.78 is 37.3. The van der Waals surface area contributed by atoms with E-state index in [2.05, 4.69) is 189 Å². The van der Waals surface area contributed by atoms with Gasteiger partial charge in [0, 0.05) is 4.47 Å². The molecular formula is C56H66B3BrO6. The molecule has 6 aromatic carbocycles. The van der Waals surface area contributed by atoms with Gasteiger partial charge in [-0.1, -0.05) is 162 Å². The topological polar surface area (TPSA) is 55.4 Å². The van der Waals surface area contributed by atoms with E-state index in [4.69, 9.17) is 27.9 Å². The van der Waals surface area contributed by atoms with Gasteiger partial charge in [-0.2, -0.15) is 0 Å².